The van der Waals surface area contributed by atoms with E-state index in [0.717, 1.165) is 6.07 Å². The summed E-state index contributed by atoms with van der Waals surface area (Å²) in [7, 11) is -3.57. The monoisotopic (exact) mass is 499 g/mol. The van der Waals surface area contributed by atoms with Crippen LogP contribution in [0.4, 0.5) is 24.8 Å². The number of alkyl halides is 3. The van der Waals surface area contributed by atoms with E-state index in [1.54, 1.807) is 6.92 Å². The van der Waals surface area contributed by atoms with Crippen molar-refractivity contribution in [2.24, 2.45) is 0 Å². The molecule has 3 N–H and O–H groups in total. The van der Waals surface area contributed by atoms with Crippen LogP contribution >= 0.6 is 11.6 Å². The minimum Gasteiger partial charge on any atom is -0.323 e. The van der Waals surface area contributed by atoms with Crippen molar-refractivity contribution >= 4 is 33.1 Å². The van der Waals surface area contributed by atoms with Crippen molar-refractivity contribution in [1.82, 2.24) is 20.5 Å². The van der Waals surface area contributed by atoms with Gasteiger partial charge in [0.2, 0.25) is 5.95 Å². The third-order valence-corrected chi connectivity index (χ3v) is 8.02. The van der Waals surface area contributed by atoms with Gasteiger partial charge in [-0.05, 0) is 62.7 Å². The van der Waals surface area contributed by atoms with Gasteiger partial charge in [-0.15, -0.1) is 5.10 Å². The van der Waals surface area contributed by atoms with E-state index in [1.165, 1.54) is 30.3 Å². The van der Waals surface area contributed by atoms with Crippen molar-refractivity contribution < 1.29 is 21.6 Å². The number of anilines is 2. The first-order valence-corrected chi connectivity index (χ1v) is 12.1. The van der Waals surface area contributed by atoms with E-state index in [9.17, 15) is 21.6 Å². The van der Waals surface area contributed by atoms with Gasteiger partial charge in [0.15, 0.2) is 9.84 Å². The Morgan fingerprint density at radius 2 is 1.79 bits per heavy atom. The molecule has 3 aromatic rings. The molecule has 0 radical (unpaired) electrons. The second kappa shape index (κ2) is 8.96. The summed E-state index contributed by atoms with van der Waals surface area (Å²) in [5.74, 6) is 0.604. The van der Waals surface area contributed by atoms with Crippen LogP contribution in [0.5, 0.6) is 0 Å². The third kappa shape index (κ3) is 4.99. The molecular weight excluding hydrogens is 479 g/mol. The zero-order valence-electron chi connectivity index (χ0n) is 17.5. The van der Waals surface area contributed by atoms with E-state index >= 15 is 0 Å². The van der Waals surface area contributed by atoms with Crippen LogP contribution in [0.2, 0.25) is 5.02 Å². The van der Waals surface area contributed by atoms with E-state index in [2.05, 4.69) is 25.8 Å². The Bertz CT molecular complexity index is 1250. The van der Waals surface area contributed by atoms with E-state index in [-0.39, 0.29) is 32.7 Å². The highest BCUT2D eigenvalue weighted by molar-refractivity contribution is 7.92. The van der Waals surface area contributed by atoms with Gasteiger partial charge < -0.3 is 10.6 Å². The molecule has 1 aliphatic rings. The molecule has 0 aliphatic carbocycles. The number of hydrogen-bond acceptors (Lipinski definition) is 6. The molecule has 33 heavy (non-hydrogen) atoms. The van der Waals surface area contributed by atoms with Crippen molar-refractivity contribution in [2.75, 3.05) is 18.4 Å². The molecule has 1 aliphatic heterocycles. The summed E-state index contributed by atoms with van der Waals surface area (Å²) in [4.78, 5) is 4.10. The minimum absolute atomic E-state index is 0.0696. The van der Waals surface area contributed by atoms with Gasteiger partial charge in [-0.1, -0.05) is 23.7 Å². The van der Waals surface area contributed by atoms with Gasteiger partial charge in [0.05, 0.1) is 20.7 Å². The third-order valence-electron chi connectivity index (χ3n) is 5.45. The van der Waals surface area contributed by atoms with Crippen LogP contribution in [0, 0.1) is 6.92 Å². The van der Waals surface area contributed by atoms with Crippen molar-refractivity contribution in [1.29, 1.82) is 0 Å². The average molecular weight is 500 g/mol. The molecule has 2 heterocycles. The first-order valence-electron chi connectivity index (χ1n) is 10.2. The fraction of sp³-hybridized carbons (Fsp3) is 0.333. The fourth-order valence-electron chi connectivity index (χ4n) is 3.83. The molecule has 1 fully saturated rings. The standard InChI is InChI=1S/C21H21ClF3N5O2S/c1-12-27-20(30-29-12)28-14-10-17(21(23,24)25)19(18(22)11-14)13-2-4-15(5-3-13)33(31,32)16-6-8-26-9-7-16/h2-5,10-11,16,26H,6-9H2,1H3,(H2,27,28,29,30). The van der Waals surface area contributed by atoms with Gasteiger partial charge in [0, 0.05) is 11.3 Å². The van der Waals surface area contributed by atoms with E-state index in [0.29, 0.717) is 31.8 Å². The molecule has 0 saturated carbocycles. The fourth-order valence-corrected chi connectivity index (χ4v) is 5.92. The summed E-state index contributed by atoms with van der Waals surface area (Å²) in [5.41, 5.74) is -0.956. The van der Waals surface area contributed by atoms with Crippen molar-refractivity contribution in [2.45, 2.75) is 36.1 Å². The number of aryl methyl sites for hydroxylation is 1. The van der Waals surface area contributed by atoms with Crippen LogP contribution < -0.4 is 10.6 Å². The van der Waals surface area contributed by atoms with Crippen LogP contribution in [0.1, 0.15) is 24.2 Å². The summed E-state index contributed by atoms with van der Waals surface area (Å²) in [5, 5.41) is 11.6. The number of sulfone groups is 1. The number of halogens is 4. The maximum atomic E-state index is 13.9. The number of benzene rings is 2. The number of hydrogen-bond donors (Lipinski definition) is 3. The lowest BCUT2D eigenvalue weighted by molar-refractivity contribution is -0.137. The summed E-state index contributed by atoms with van der Waals surface area (Å²) < 4.78 is 67.6. The molecule has 1 aromatic heterocycles. The highest BCUT2D eigenvalue weighted by Gasteiger charge is 2.36. The predicted octanol–water partition coefficient (Wildman–Crippen LogP) is 4.72. The lowest BCUT2D eigenvalue weighted by Crippen LogP contribution is -2.35. The van der Waals surface area contributed by atoms with Gasteiger partial charge in [-0.25, -0.2) is 8.42 Å². The van der Waals surface area contributed by atoms with Crippen LogP contribution in [-0.4, -0.2) is 41.9 Å². The summed E-state index contributed by atoms with van der Waals surface area (Å²) in [6, 6.07) is 7.66. The zero-order chi connectivity index (χ0) is 23.8. The second-order valence-corrected chi connectivity index (χ2v) is 10.4. The molecule has 2 aromatic carbocycles. The molecule has 7 nitrogen and oxygen atoms in total. The Morgan fingerprint density at radius 3 is 2.36 bits per heavy atom. The molecule has 176 valence electrons. The van der Waals surface area contributed by atoms with Crippen molar-refractivity contribution in [3.05, 3.63) is 52.8 Å². The first kappa shape index (κ1) is 23.5. The molecular formula is C21H21ClF3N5O2S. The van der Waals surface area contributed by atoms with Gasteiger partial charge in [0.25, 0.3) is 0 Å². The highest BCUT2D eigenvalue weighted by Crippen LogP contribution is 2.43. The van der Waals surface area contributed by atoms with Gasteiger partial charge in [-0.3, -0.25) is 5.10 Å². The number of piperidine rings is 1. The average Bonchev–Trinajstić information content (AvgIpc) is 3.18. The van der Waals surface area contributed by atoms with Crippen LogP contribution in [0.3, 0.4) is 0 Å². The van der Waals surface area contributed by atoms with Crippen molar-refractivity contribution in [3.63, 3.8) is 0 Å². The topological polar surface area (TPSA) is 99.8 Å². The van der Waals surface area contributed by atoms with Crippen molar-refractivity contribution in [3.8, 4) is 11.1 Å². The highest BCUT2D eigenvalue weighted by atomic mass is 35.5. The molecule has 0 amide bonds. The maximum Gasteiger partial charge on any atom is 0.417 e. The van der Waals surface area contributed by atoms with E-state index < -0.39 is 26.8 Å². The molecule has 1 saturated heterocycles. The number of nitrogens with one attached hydrogen (secondary N) is 3. The van der Waals surface area contributed by atoms with E-state index in [1.807, 2.05) is 0 Å². The number of rotatable bonds is 5. The molecule has 0 bridgehead atoms. The Labute approximate surface area is 193 Å². The summed E-state index contributed by atoms with van der Waals surface area (Å²) >= 11 is 6.28. The lowest BCUT2D eigenvalue weighted by Gasteiger charge is -2.23. The van der Waals surface area contributed by atoms with Gasteiger partial charge >= 0.3 is 6.18 Å². The Hall–Kier alpha value is -2.63. The SMILES string of the molecule is Cc1nc(Nc2cc(Cl)c(-c3ccc(S(=O)(=O)C4CCNCC4)cc3)c(C(F)(F)F)c2)n[nH]1. The maximum absolute atomic E-state index is 13.9. The number of H-pyrrole nitrogens is 1. The number of nitrogens with zero attached hydrogens (tertiary/aromatic N) is 2. The lowest BCUT2D eigenvalue weighted by atomic mass is 9.98. The van der Waals surface area contributed by atoms with E-state index in [4.69, 9.17) is 11.6 Å². The minimum atomic E-state index is -4.70. The number of aromatic amines is 1. The molecule has 0 spiro atoms. The van der Waals surface area contributed by atoms with Gasteiger partial charge in [-0.2, -0.15) is 18.2 Å². The summed E-state index contributed by atoms with van der Waals surface area (Å²) in [6.07, 6.45) is -3.72. The van der Waals surface area contributed by atoms with Crippen LogP contribution in [0.25, 0.3) is 11.1 Å². The second-order valence-electron chi connectivity index (χ2n) is 7.77. The normalized spacial score (nSPS) is 15.5. The van der Waals surface area contributed by atoms with Crippen LogP contribution in [-0.2, 0) is 16.0 Å². The Morgan fingerprint density at radius 1 is 1.12 bits per heavy atom. The number of aromatic nitrogens is 3. The van der Waals surface area contributed by atoms with Gasteiger partial charge in [0.1, 0.15) is 5.82 Å². The van der Waals surface area contributed by atoms with Crippen LogP contribution in [0.15, 0.2) is 41.3 Å². The smallest absolute Gasteiger partial charge is 0.323 e. The Balaban J connectivity index is 1.70. The molecule has 0 atom stereocenters. The summed E-state index contributed by atoms with van der Waals surface area (Å²) in [6.45, 7) is 2.88. The Kier molecular flexibility index (Phi) is 6.39. The zero-order valence-corrected chi connectivity index (χ0v) is 19.1. The molecule has 4 rings (SSSR count). The predicted molar refractivity (Wildman–Crippen MR) is 119 cm³/mol. The molecule has 0 unspecified atom stereocenters. The quantitative estimate of drug-likeness (QED) is 0.469. The molecule has 12 heteroatoms. The first-order chi connectivity index (χ1) is 15.6. The largest absolute Gasteiger partial charge is 0.417 e.